The third kappa shape index (κ3) is 3.44. The van der Waals surface area contributed by atoms with E-state index in [1.165, 1.54) is 0 Å². The van der Waals surface area contributed by atoms with Gasteiger partial charge < -0.3 is 9.84 Å². The molecular formula is C20H20N6O2. The van der Waals surface area contributed by atoms with Crippen LogP contribution in [0.2, 0.25) is 0 Å². The molecule has 0 saturated carbocycles. The molecule has 8 heteroatoms. The highest BCUT2D eigenvalue weighted by Crippen LogP contribution is 2.29. The Morgan fingerprint density at radius 1 is 1.25 bits per heavy atom. The van der Waals surface area contributed by atoms with Crippen LogP contribution in [0.3, 0.4) is 0 Å². The second kappa shape index (κ2) is 7.15. The molecule has 0 aliphatic rings. The first-order chi connectivity index (χ1) is 13.5. The molecular weight excluding hydrogens is 356 g/mol. The molecule has 0 bridgehead atoms. The van der Waals surface area contributed by atoms with Gasteiger partial charge in [-0.2, -0.15) is 10.2 Å². The molecule has 3 heterocycles. The minimum absolute atomic E-state index is 0.198. The second-order valence-corrected chi connectivity index (χ2v) is 6.60. The van der Waals surface area contributed by atoms with E-state index in [1.807, 2.05) is 51.2 Å². The SMILES string of the molecule is CCn1cc(-c2cc(C(=O)Nc3ccc(C)cc3-c3cc(C)[nH]n3)no2)cn1. The molecule has 0 fully saturated rings. The van der Waals surface area contributed by atoms with Gasteiger partial charge in [0.05, 0.1) is 23.1 Å². The van der Waals surface area contributed by atoms with Crippen molar-refractivity contribution in [2.24, 2.45) is 0 Å². The van der Waals surface area contributed by atoms with Crippen LogP contribution in [-0.2, 0) is 6.54 Å². The highest BCUT2D eigenvalue weighted by Gasteiger charge is 2.17. The fourth-order valence-corrected chi connectivity index (χ4v) is 2.90. The Kier molecular flexibility index (Phi) is 4.52. The van der Waals surface area contributed by atoms with Crippen LogP contribution in [0.15, 0.2) is 47.2 Å². The predicted molar refractivity (Wildman–Crippen MR) is 105 cm³/mol. The largest absolute Gasteiger partial charge is 0.355 e. The average molecular weight is 376 g/mol. The molecule has 142 valence electrons. The monoisotopic (exact) mass is 376 g/mol. The van der Waals surface area contributed by atoms with Crippen molar-refractivity contribution >= 4 is 11.6 Å². The van der Waals surface area contributed by atoms with E-state index >= 15 is 0 Å². The molecule has 28 heavy (non-hydrogen) atoms. The van der Waals surface area contributed by atoms with Crippen LogP contribution in [0.4, 0.5) is 5.69 Å². The van der Waals surface area contributed by atoms with Gasteiger partial charge in [0, 0.05) is 30.1 Å². The van der Waals surface area contributed by atoms with E-state index in [-0.39, 0.29) is 11.6 Å². The van der Waals surface area contributed by atoms with Crippen molar-refractivity contribution in [2.45, 2.75) is 27.3 Å². The summed E-state index contributed by atoms with van der Waals surface area (Å²) in [6, 6.07) is 9.33. The lowest BCUT2D eigenvalue weighted by Gasteiger charge is -2.09. The number of carbonyl (C=O) groups is 1. The van der Waals surface area contributed by atoms with Gasteiger partial charge in [0.1, 0.15) is 0 Å². The number of anilines is 1. The van der Waals surface area contributed by atoms with E-state index in [4.69, 9.17) is 4.52 Å². The molecule has 0 saturated heterocycles. The third-order valence-electron chi connectivity index (χ3n) is 4.39. The fourth-order valence-electron chi connectivity index (χ4n) is 2.90. The molecule has 2 N–H and O–H groups in total. The molecule has 8 nitrogen and oxygen atoms in total. The van der Waals surface area contributed by atoms with E-state index in [0.29, 0.717) is 11.4 Å². The Balaban J connectivity index is 1.59. The number of hydrogen-bond donors (Lipinski definition) is 2. The van der Waals surface area contributed by atoms with E-state index in [9.17, 15) is 4.79 Å². The lowest BCUT2D eigenvalue weighted by atomic mass is 10.1. The first-order valence-electron chi connectivity index (χ1n) is 8.97. The van der Waals surface area contributed by atoms with E-state index in [0.717, 1.165) is 34.6 Å². The summed E-state index contributed by atoms with van der Waals surface area (Å²) in [6.07, 6.45) is 3.53. The zero-order chi connectivity index (χ0) is 19.7. The highest BCUT2D eigenvalue weighted by molar-refractivity contribution is 6.05. The Hall–Kier alpha value is -3.68. The normalized spacial score (nSPS) is 11.0. The van der Waals surface area contributed by atoms with Crippen molar-refractivity contribution in [3.05, 3.63) is 59.7 Å². The van der Waals surface area contributed by atoms with Crippen LogP contribution in [0.25, 0.3) is 22.6 Å². The maximum Gasteiger partial charge on any atom is 0.277 e. The molecule has 1 amide bonds. The summed E-state index contributed by atoms with van der Waals surface area (Å²) in [6.45, 7) is 6.68. The van der Waals surface area contributed by atoms with Crippen LogP contribution in [0.5, 0.6) is 0 Å². The number of benzene rings is 1. The van der Waals surface area contributed by atoms with Crippen LogP contribution in [-0.4, -0.2) is 31.0 Å². The van der Waals surface area contributed by atoms with Crippen LogP contribution < -0.4 is 5.32 Å². The van der Waals surface area contributed by atoms with Gasteiger partial charge in [-0.1, -0.05) is 16.8 Å². The summed E-state index contributed by atoms with van der Waals surface area (Å²) in [4.78, 5) is 12.7. The molecule has 0 aliphatic heterocycles. The minimum Gasteiger partial charge on any atom is -0.355 e. The lowest BCUT2D eigenvalue weighted by molar-refractivity contribution is 0.101. The van der Waals surface area contributed by atoms with Crippen molar-refractivity contribution in [1.29, 1.82) is 0 Å². The molecule has 0 aliphatic carbocycles. The van der Waals surface area contributed by atoms with Crippen molar-refractivity contribution < 1.29 is 9.32 Å². The molecule has 0 atom stereocenters. The molecule has 3 aromatic heterocycles. The number of amides is 1. The van der Waals surface area contributed by atoms with Gasteiger partial charge in [-0.25, -0.2) is 0 Å². The number of H-pyrrole nitrogens is 1. The summed E-state index contributed by atoms with van der Waals surface area (Å²) in [7, 11) is 0. The minimum atomic E-state index is -0.352. The van der Waals surface area contributed by atoms with Gasteiger partial charge in [-0.3, -0.25) is 14.6 Å². The number of aryl methyl sites for hydroxylation is 3. The van der Waals surface area contributed by atoms with Gasteiger partial charge in [0.25, 0.3) is 5.91 Å². The number of rotatable bonds is 5. The number of aromatic amines is 1. The Morgan fingerprint density at radius 3 is 2.82 bits per heavy atom. The number of aromatic nitrogens is 5. The highest BCUT2D eigenvalue weighted by atomic mass is 16.5. The van der Waals surface area contributed by atoms with Crippen LogP contribution in [0.1, 0.15) is 28.7 Å². The zero-order valence-corrected chi connectivity index (χ0v) is 15.9. The Morgan fingerprint density at radius 2 is 2.11 bits per heavy atom. The maximum atomic E-state index is 12.7. The third-order valence-corrected chi connectivity index (χ3v) is 4.39. The van der Waals surface area contributed by atoms with Gasteiger partial charge in [0.2, 0.25) is 0 Å². The van der Waals surface area contributed by atoms with Gasteiger partial charge in [0.15, 0.2) is 11.5 Å². The molecule has 0 spiro atoms. The van der Waals surface area contributed by atoms with Gasteiger partial charge in [-0.15, -0.1) is 0 Å². The van der Waals surface area contributed by atoms with E-state index in [2.05, 4.69) is 25.8 Å². The van der Waals surface area contributed by atoms with Gasteiger partial charge in [-0.05, 0) is 39.0 Å². The quantitative estimate of drug-likeness (QED) is 0.551. The second-order valence-electron chi connectivity index (χ2n) is 6.60. The predicted octanol–water partition coefficient (Wildman–Crippen LogP) is 3.82. The molecule has 0 unspecified atom stereocenters. The number of nitrogens with zero attached hydrogens (tertiary/aromatic N) is 4. The van der Waals surface area contributed by atoms with E-state index in [1.54, 1.807) is 16.9 Å². The zero-order valence-electron chi connectivity index (χ0n) is 15.9. The Bertz CT molecular complexity index is 1140. The van der Waals surface area contributed by atoms with Crippen molar-refractivity contribution in [1.82, 2.24) is 25.1 Å². The first-order valence-corrected chi connectivity index (χ1v) is 8.97. The van der Waals surface area contributed by atoms with Crippen molar-refractivity contribution in [3.8, 4) is 22.6 Å². The topological polar surface area (TPSA) is 102 Å². The van der Waals surface area contributed by atoms with Gasteiger partial charge >= 0.3 is 0 Å². The molecule has 4 aromatic rings. The molecule has 0 radical (unpaired) electrons. The summed E-state index contributed by atoms with van der Waals surface area (Å²) in [5.41, 5.74) is 5.26. The summed E-state index contributed by atoms with van der Waals surface area (Å²) in [5.74, 6) is 0.146. The number of carbonyl (C=O) groups excluding carboxylic acids is 1. The summed E-state index contributed by atoms with van der Waals surface area (Å²) < 4.78 is 7.10. The molecule has 4 rings (SSSR count). The Labute approximate surface area is 161 Å². The van der Waals surface area contributed by atoms with Crippen molar-refractivity contribution in [3.63, 3.8) is 0 Å². The van der Waals surface area contributed by atoms with Crippen LogP contribution >= 0.6 is 0 Å². The molecule has 1 aromatic carbocycles. The number of hydrogen-bond acceptors (Lipinski definition) is 5. The number of nitrogens with one attached hydrogen (secondary N) is 2. The summed E-state index contributed by atoms with van der Waals surface area (Å²) >= 11 is 0. The first kappa shape index (κ1) is 17.7. The fraction of sp³-hybridized carbons (Fsp3) is 0.200. The summed E-state index contributed by atoms with van der Waals surface area (Å²) in [5, 5.41) is 18.2. The lowest BCUT2D eigenvalue weighted by Crippen LogP contribution is -2.13. The maximum absolute atomic E-state index is 12.7. The standard InChI is InChI=1S/C20H20N6O2/c1-4-26-11-14(10-21-26)19-9-18(25-28-19)20(27)22-16-6-5-12(2)7-15(16)17-8-13(3)23-24-17/h5-11H,4H2,1-3H3,(H,22,27)(H,23,24). The van der Waals surface area contributed by atoms with E-state index < -0.39 is 0 Å². The van der Waals surface area contributed by atoms with Crippen molar-refractivity contribution in [2.75, 3.05) is 5.32 Å². The van der Waals surface area contributed by atoms with Crippen LogP contribution in [0, 0.1) is 13.8 Å². The average Bonchev–Trinajstić information content (AvgIpc) is 3.42. The smallest absolute Gasteiger partial charge is 0.277 e.